The zero-order valence-corrected chi connectivity index (χ0v) is 23.2. The van der Waals surface area contributed by atoms with Crippen LogP contribution in [0.1, 0.15) is 27.7 Å². The van der Waals surface area contributed by atoms with Crippen LogP contribution in [0.15, 0.2) is 77.8 Å². The molecule has 0 spiro atoms. The summed E-state index contributed by atoms with van der Waals surface area (Å²) in [6.07, 6.45) is 7.49. The van der Waals surface area contributed by atoms with Gasteiger partial charge in [0.1, 0.15) is 0 Å². The number of aryl methyl sites for hydroxylation is 2. The highest BCUT2D eigenvalue weighted by atomic mass is 79.9. The molecule has 1 fully saturated rings. The molecule has 4 N–H and O–H groups in total. The lowest BCUT2D eigenvalue weighted by atomic mass is 9.82. The van der Waals surface area contributed by atoms with E-state index in [2.05, 4.69) is 26.1 Å². The van der Waals surface area contributed by atoms with E-state index < -0.39 is 0 Å². The molecular weight excluding hydrogens is 519 g/mol. The molecule has 1 aliphatic rings. The maximum Gasteiger partial charge on any atom is 0.498 e. The van der Waals surface area contributed by atoms with Crippen LogP contribution in [0.3, 0.4) is 0 Å². The number of benzene rings is 2. The van der Waals surface area contributed by atoms with Crippen LogP contribution in [0.2, 0.25) is 0 Å². The van der Waals surface area contributed by atoms with E-state index >= 15 is 0 Å². The Balaban J connectivity index is 0.000000157. The molecule has 0 saturated carbocycles. The molecule has 0 atom stereocenters. The normalized spacial score (nSPS) is 15.5. The molecule has 3 heterocycles. The molecule has 190 valence electrons. The number of rotatable bonds is 2. The summed E-state index contributed by atoms with van der Waals surface area (Å²) < 4.78 is 16.3. The fraction of sp³-hybridized carbons (Fsp3) is 0.308. The first-order valence-corrected chi connectivity index (χ1v) is 12.4. The van der Waals surface area contributed by atoms with E-state index in [1.54, 1.807) is 15.6 Å². The van der Waals surface area contributed by atoms with E-state index in [1.165, 1.54) is 0 Å². The van der Waals surface area contributed by atoms with Gasteiger partial charge in [0.15, 0.2) is 0 Å². The van der Waals surface area contributed by atoms with Crippen molar-refractivity contribution in [2.24, 2.45) is 14.1 Å². The second-order valence-electron chi connectivity index (χ2n) is 9.62. The van der Waals surface area contributed by atoms with E-state index in [9.17, 15) is 0 Å². The molecule has 10 heteroatoms. The van der Waals surface area contributed by atoms with Crippen LogP contribution in [0, 0.1) is 0 Å². The van der Waals surface area contributed by atoms with Gasteiger partial charge in [0.25, 0.3) is 0 Å². The lowest BCUT2D eigenvalue weighted by molar-refractivity contribution is 0.00578. The highest BCUT2D eigenvalue weighted by molar-refractivity contribution is 9.10. The lowest BCUT2D eigenvalue weighted by Crippen LogP contribution is -2.41. The van der Waals surface area contributed by atoms with Gasteiger partial charge < -0.3 is 20.8 Å². The van der Waals surface area contributed by atoms with Crippen LogP contribution >= 0.6 is 15.9 Å². The lowest BCUT2D eigenvalue weighted by Gasteiger charge is -2.32. The molecule has 0 radical (unpaired) electrons. The van der Waals surface area contributed by atoms with Gasteiger partial charge in [0.2, 0.25) is 0 Å². The van der Waals surface area contributed by atoms with Crippen molar-refractivity contribution in [1.82, 2.24) is 19.6 Å². The molecule has 0 amide bonds. The Bertz CT molecular complexity index is 1250. The fourth-order valence-electron chi connectivity index (χ4n) is 3.34. The molecule has 0 aliphatic carbocycles. The Morgan fingerprint density at radius 2 is 1.33 bits per heavy atom. The molecule has 8 nitrogen and oxygen atoms in total. The standard InChI is InChI=1S/C10H17BN2O2.C10H11N3.C6H6BrN/c1-9(2)10(3,4)15-11(14-9)8-6-12-13(5)7-8;1-13-7-9(6-12-13)8-3-2-4-10(11)5-8;7-5-2-1-3-6(8)4-5/h6-7H,1-5H3;2-7H,11H2,1H3;1-4H,8H2. The number of nitrogens with two attached hydrogens (primary N) is 2. The maximum absolute atomic E-state index is 5.89. The summed E-state index contributed by atoms with van der Waals surface area (Å²) in [5.74, 6) is 0. The number of hydrogen-bond donors (Lipinski definition) is 2. The summed E-state index contributed by atoms with van der Waals surface area (Å²) in [5.41, 5.74) is 15.3. The summed E-state index contributed by atoms with van der Waals surface area (Å²) in [6.45, 7) is 8.18. The first-order valence-electron chi connectivity index (χ1n) is 11.6. The second-order valence-corrected chi connectivity index (χ2v) is 10.5. The monoisotopic (exact) mass is 552 g/mol. The zero-order chi connectivity index (χ0) is 26.5. The summed E-state index contributed by atoms with van der Waals surface area (Å²) in [4.78, 5) is 0. The Hall–Kier alpha value is -3.08. The topological polar surface area (TPSA) is 106 Å². The van der Waals surface area contributed by atoms with Crippen molar-refractivity contribution in [3.63, 3.8) is 0 Å². The van der Waals surface area contributed by atoms with E-state index in [0.29, 0.717) is 0 Å². The minimum Gasteiger partial charge on any atom is -0.399 e. The average Bonchev–Trinajstić information content (AvgIpc) is 3.47. The van der Waals surface area contributed by atoms with E-state index in [1.807, 2.05) is 109 Å². The molecule has 1 saturated heterocycles. The Labute approximate surface area is 221 Å². The van der Waals surface area contributed by atoms with Gasteiger partial charge >= 0.3 is 7.12 Å². The smallest absolute Gasteiger partial charge is 0.399 e. The summed E-state index contributed by atoms with van der Waals surface area (Å²) in [6, 6.07) is 15.3. The molecule has 0 unspecified atom stereocenters. The Kier molecular flexibility index (Phi) is 8.65. The average molecular weight is 553 g/mol. The highest BCUT2D eigenvalue weighted by Gasteiger charge is 2.52. The molecule has 1 aliphatic heterocycles. The van der Waals surface area contributed by atoms with Crippen molar-refractivity contribution in [3.8, 4) is 11.1 Å². The first kappa shape index (κ1) is 27.5. The number of nitrogens with zero attached hydrogens (tertiary/aromatic N) is 4. The molecule has 4 aromatic rings. The van der Waals surface area contributed by atoms with Gasteiger partial charge in [0.05, 0.1) is 17.4 Å². The van der Waals surface area contributed by atoms with Crippen molar-refractivity contribution in [2.45, 2.75) is 38.9 Å². The van der Waals surface area contributed by atoms with Gasteiger partial charge in [-0.25, -0.2) is 0 Å². The number of anilines is 2. The van der Waals surface area contributed by atoms with Gasteiger partial charge in [-0.3, -0.25) is 9.36 Å². The quantitative estimate of drug-likeness (QED) is 0.281. The Morgan fingerprint density at radius 1 is 0.778 bits per heavy atom. The zero-order valence-electron chi connectivity index (χ0n) is 21.6. The third kappa shape index (κ3) is 7.22. The molecule has 36 heavy (non-hydrogen) atoms. The third-order valence-corrected chi connectivity index (χ3v) is 6.52. The van der Waals surface area contributed by atoms with Crippen molar-refractivity contribution >= 4 is 39.9 Å². The Morgan fingerprint density at radius 3 is 1.78 bits per heavy atom. The maximum atomic E-state index is 5.89. The van der Waals surface area contributed by atoms with E-state index in [-0.39, 0.29) is 18.3 Å². The van der Waals surface area contributed by atoms with Gasteiger partial charge in [-0.1, -0.05) is 34.1 Å². The van der Waals surface area contributed by atoms with Crippen molar-refractivity contribution < 1.29 is 9.31 Å². The largest absolute Gasteiger partial charge is 0.498 e. The van der Waals surface area contributed by atoms with Crippen LogP contribution in [-0.2, 0) is 23.4 Å². The number of halogens is 1. The second kappa shape index (κ2) is 11.3. The third-order valence-electron chi connectivity index (χ3n) is 6.02. The number of nitrogen functional groups attached to an aromatic ring is 2. The van der Waals surface area contributed by atoms with Crippen LogP contribution in [0.4, 0.5) is 11.4 Å². The summed E-state index contributed by atoms with van der Waals surface area (Å²) in [5, 5.41) is 8.21. The minimum atomic E-state index is -0.302. The van der Waals surface area contributed by atoms with Crippen LogP contribution in [0.25, 0.3) is 11.1 Å². The van der Waals surface area contributed by atoms with Gasteiger partial charge in [-0.2, -0.15) is 10.2 Å². The van der Waals surface area contributed by atoms with Crippen molar-refractivity contribution in [3.05, 3.63) is 77.8 Å². The van der Waals surface area contributed by atoms with Gasteiger partial charge in [-0.05, 0) is 63.6 Å². The van der Waals surface area contributed by atoms with E-state index in [4.69, 9.17) is 20.8 Å². The van der Waals surface area contributed by atoms with Crippen molar-refractivity contribution in [2.75, 3.05) is 11.5 Å². The molecule has 5 rings (SSSR count). The van der Waals surface area contributed by atoms with Gasteiger partial charge in [0, 0.05) is 59.6 Å². The SMILES string of the molecule is Cn1cc(-c2cccc(N)c2)cn1.Cn1cc(B2OC(C)(C)C(C)(C)O2)cn1.Nc1cccc(Br)c1. The highest BCUT2D eigenvalue weighted by Crippen LogP contribution is 2.36. The predicted molar refractivity (Wildman–Crippen MR) is 151 cm³/mol. The minimum absolute atomic E-state index is 0.284. The molecule has 2 aromatic heterocycles. The van der Waals surface area contributed by atoms with Gasteiger partial charge in [-0.15, -0.1) is 0 Å². The number of aromatic nitrogens is 4. The van der Waals surface area contributed by atoms with Crippen LogP contribution < -0.4 is 16.9 Å². The van der Waals surface area contributed by atoms with Crippen LogP contribution in [-0.4, -0.2) is 37.9 Å². The summed E-state index contributed by atoms with van der Waals surface area (Å²) >= 11 is 3.28. The number of hydrogen-bond acceptors (Lipinski definition) is 6. The first-order chi connectivity index (χ1) is 16.9. The van der Waals surface area contributed by atoms with Crippen LogP contribution in [0.5, 0.6) is 0 Å². The summed E-state index contributed by atoms with van der Waals surface area (Å²) in [7, 11) is 3.48. The molecule has 0 bridgehead atoms. The molecule has 2 aromatic carbocycles. The van der Waals surface area contributed by atoms with Crippen molar-refractivity contribution in [1.29, 1.82) is 0 Å². The molecular formula is C26H34BBrN6O2. The fourth-order valence-corrected chi connectivity index (χ4v) is 3.75. The predicted octanol–water partition coefficient (Wildman–Crippen LogP) is 4.42. The van der Waals surface area contributed by atoms with E-state index in [0.717, 1.165) is 32.4 Å².